The first-order valence-electron chi connectivity index (χ1n) is 6.45. The quantitative estimate of drug-likeness (QED) is 0.835. The summed E-state index contributed by atoms with van der Waals surface area (Å²) in [6, 6.07) is 15.8. The average molecular weight is 257 g/mol. The van der Waals surface area contributed by atoms with Crippen LogP contribution in [0.2, 0.25) is 0 Å². The third kappa shape index (κ3) is 3.69. The summed E-state index contributed by atoms with van der Waals surface area (Å²) in [5, 5.41) is 3.33. The smallest absolute Gasteiger partial charge is 0.215 e. The van der Waals surface area contributed by atoms with Crippen LogP contribution in [0, 0.1) is 0 Å². The van der Waals surface area contributed by atoms with Crippen LogP contribution < -0.4 is 15.8 Å². The van der Waals surface area contributed by atoms with Crippen molar-refractivity contribution in [1.82, 2.24) is 4.98 Å². The van der Waals surface area contributed by atoms with Gasteiger partial charge in [0.15, 0.2) is 0 Å². The fourth-order valence-electron chi connectivity index (χ4n) is 1.87. The summed E-state index contributed by atoms with van der Waals surface area (Å²) in [5.41, 5.74) is 6.97. The van der Waals surface area contributed by atoms with Crippen LogP contribution in [0.3, 0.4) is 0 Å². The number of ether oxygens (including phenoxy) is 1. The molecule has 1 aromatic heterocycles. The Hall–Kier alpha value is -2.07. The van der Waals surface area contributed by atoms with E-state index in [1.54, 1.807) is 0 Å². The van der Waals surface area contributed by atoms with E-state index in [4.69, 9.17) is 10.5 Å². The number of hydrogen-bond acceptors (Lipinski definition) is 4. The Kier molecular flexibility index (Phi) is 4.75. The molecule has 1 aromatic carbocycles. The average Bonchev–Trinajstić information content (AvgIpc) is 2.46. The Morgan fingerprint density at radius 1 is 1.16 bits per heavy atom. The fourth-order valence-corrected chi connectivity index (χ4v) is 1.87. The molecule has 4 heteroatoms. The number of hydrogen-bond donors (Lipinski definition) is 2. The maximum Gasteiger partial charge on any atom is 0.215 e. The van der Waals surface area contributed by atoms with Gasteiger partial charge in [-0.3, -0.25) is 0 Å². The molecule has 0 saturated carbocycles. The minimum atomic E-state index is 0.0468. The monoisotopic (exact) mass is 257 g/mol. The molecule has 2 rings (SSSR count). The van der Waals surface area contributed by atoms with Gasteiger partial charge in [0.1, 0.15) is 5.82 Å². The van der Waals surface area contributed by atoms with Crippen molar-refractivity contribution >= 4 is 5.82 Å². The summed E-state index contributed by atoms with van der Waals surface area (Å²) in [4.78, 5) is 4.39. The number of nitrogens with two attached hydrogens (primary N) is 1. The van der Waals surface area contributed by atoms with Gasteiger partial charge in [-0.25, -0.2) is 0 Å². The molecule has 2 aromatic rings. The molecule has 1 heterocycles. The Bertz CT molecular complexity index is 502. The highest BCUT2D eigenvalue weighted by Crippen LogP contribution is 2.19. The van der Waals surface area contributed by atoms with Gasteiger partial charge in [0, 0.05) is 12.6 Å². The molecule has 1 atom stereocenters. The first-order chi connectivity index (χ1) is 9.33. The summed E-state index contributed by atoms with van der Waals surface area (Å²) in [6.07, 6.45) is 0. The zero-order valence-corrected chi connectivity index (χ0v) is 11.0. The topological polar surface area (TPSA) is 60.2 Å². The van der Waals surface area contributed by atoms with Crippen molar-refractivity contribution in [3.63, 3.8) is 0 Å². The van der Waals surface area contributed by atoms with Gasteiger partial charge in [0.25, 0.3) is 0 Å². The Morgan fingerprint density at radius 2 is 1.95 bits per heavy atom. The lowest BCUT2D eigenvalue weighted by Gasteiger charge is -2.18. The first-order valence-corrected chi connectivity index (χ1v) is 6.45. The highest BCUT2D eigenvalue weighted by atomic mass is 16.5. The van der Waals surface area contributed by atoms with Crippen LogP contribution in [0.5, 0.6) is 5.88 Å². The van der Waals surface area contributed by atoms with Gasteiger partial charge in [-0.05, 0) is 18.6 Å². The molecule has 3 N–H and O–H groups in total. The van der Waals surface area contributed by atoms with E-state index in [-0.39, 0.29) is 6.04 Å². The second kappa shape index (κ2) is 6.75. The van der Waals surface area contributed by atoms with Crippen molar-refractivity contribution in [2.24, 2.45) is 5.73 Å². The maximum atomic E-state index is 5.83. The normalized spacial score (nSPS) is 11.9. The molecule has 0 bridgehead atoms. The lowest BCUT2D eigenvalue weighted by molar-refractivity contribution is 0.327. The molecule has 0 aliphatic heterocycles. The second-order valence-electron chi connectivity index (χ2n) is 4.14. The van der Waals surface area contributed by atoms with Crippen LogP contribution in [-0.4, -0.2) is 18.1 Å². The van der Waals surface area contributed by atoms with E-state index >= 15 is 0 Å². The predicted molar refractivity (Wildman–Crippen MR) is 77.3 cm³/mol. The number of anilines is 1. The molecular weight excluding hydrogens is 238 g/mol. The van der Waals surface area contributed by atoms with Crippen molar-refractivity contribution < 1.29 is 4.74 Å². The largest absolute Gasteiger partial charge is 0.478 e. The van der Waals surface area contributed by atoms with Crippen LogP contribution >= 0.6 is 0 Å². The summed E-state index contributed by atoms with van der Waals surface area (Å²) >= 11 is 0. The van der Waals surface area contributed by atoms with Crippen molar-refractivity contribution in [1.29, 1.82) is 0 Å². The lowest BCUT2D eigenvalue weighted by atomic mass is 10.1. The molecule has 0 spiro atoms. The first kappa shape index (κ1) is 13.4. The third-order valence-electron chi connectivity index (χ3n) is 2.78. The number of nitrogens with one attached hydrogen (secondary N) is 1. The molecule has 0 aliphatic rings. The van der Waals surface area contributed by atoms with Gasteiger partial charge in [0.2, 0.25) is 5.88 Å². The van der Waals surface area contributed by atoms with E-state index in [1.165, 1.54) is 0 Å². The molecule has 100 valence electrons. The molecule has 0 amide bonds. The Morgan fingerprint density at radius 3 is 2.63 bits per heavy atom. The predicted octanol–water partition coefficient (Wildman–Crippen LogP) is 2.59. The summed E-state index contributed by atoms with van der Waals surface area (Å²) < 4.78 is 5.39. The van der Waals surface area contributed by atoms with E-state index in [0.29, 0.717) is 19.0 Å². The highest BCUT2D eigenvalue weighted by Gasteiger charge is 2.09. The summed E-state index contributed by atoms with van der Waals surface area (Å²) in [6.45, 7) is 3.05. The number of rotatable bonds is 6. The van der Waals surface area contributed by atoms with E-state index in [9.17, 15) is 0 Å². The minimum Gasteiger partial charge on any atom is -0.478 e. The SMILES string of the molecule is CCOc1cccc(NC(CN)c2ccccc2)n1. The maximum absolute atomic E-state index is 5.83. The molecular formula is C15H19N3O. The van der Waals surface area contributed by atoms with Crippen LogP contribution in [0.1, 0.15) is 18.5 Å². The molecule has 0 radical (unpaired) electrons. The Balaban J connectivity index is 2.12. The molecule has 19 heavy (non-hydrogen) atoms. The van der Waals surface area contributed by atoms with Crippen LogP contribution in [0.25, 0.3) is 0 Å². The van der Waals surface area contributed by atoms with E-state index in [0.717, 1.165) is 11.4 Å². The van der Waals surface area contributed by atoms with Gasteiger partial charge in [-0.2, -0.15) is 4.98 Å². The molecule has 0 fully saturated rings. The van der Waals surface area contributed by atoms with E-state index < -0.39 is 0 Å². The molecule has 0 saturated heterocycles. The van der Waals surface area contributed by atoms with E-state index in [1.807, 2.05) is 43.3 Å². The lowest BCUT2D eigenvalue weighted by Crippen LogP contribution is -2.21. The van der Waals surface area contributed by atoms with Crippen molar-refractivity contribution in [3.05, 3.63) is 54.1 Å². The minimum absolute atomic E-state index is 0.0468. The van der Waals surface area contributed by atoms with Gasteiger partial charge in [-0.15, -0.1) is 0 Å². The zero-order chi connectivity index (χ0) is 13.5. The zero-order valence-electron chi connectivity index (χ0n) is 11.0. The Labute approximate surface area is 113 Å². The summed E-state index contributed by atoms with van der Waals surface area (Å²) in [5.74, 6) is 1.39. The van der Waals surface area contributed by atoms with Crippen LogP contribution in [0.4, 0.5) is 5.82 Å². The number of nitrogens with zero attached hydrogens (tertiary/aromatic N) is 1. The summed E-state index contributed by atoms with van der Waals surface area (Å²) in [7, 11) is 0. The van der Waals surface area contributed by atoms with Gasteiger partial charge in [-0.1, -0.05) is 36.4 Å². The van der Waals surface area contributed by atoms with Crippen molar-refractivity contribution in [2.45, 2.75) is 13.0 Å². The van der Waals surface area contributed by atoms with Crippen LogP contribution in [0.15, 0.2) is 48.5 Å². The standard InChI is InChI=1S/C15H19N3O/c1-2-19-15-10-6-9-14(18-15)17-13(11-16)12-7-4-3-5-8-12/h3-10,13H,2,11,16H2,1H3,(H,17,18). The van der Waals surface area contributed by atoms with Crippen molar-refractivity contribution in [3.8, 4) is 5.88 Å². The molecule has 4 nitrogen and oxygen atoms in total. The van der Waals surface area contributed by atoms with Gasteiger partial charge < -0.3 is 15.8 Å². The molecule has 1 unspecified atom stereocenters. The second-order valence-corrected chi connectivity index (χ2v) is 4.14. The highest BCUT2D eigenvalue weighted by molar-refractivity contribution is 5.40. The van der Waals surface area contributed by atoms with Gasteiger partial charge in [0.05, 0.1) is 12.6 Å². The molecule has 0 aliphatic carbocycles. The van der Waals surface area contributed by atoms with Crippen molar-refractivity contribution in [2.75, 3.05) is 18.5 Å². The fraction of sp³-hybridized carbons (Fsp3) is 0.267. The van der Waals surface area contributed by atoms with E-state index in [2.05, 4.69) is 22.4 Å². The van der Waals surface area contributed by atoms with Gasteiger partial charge >= 0.3 is 0 Å². The third-order valence-corrected chi connectivity index (χ3v) is 2.78. The number of aromatic nitrogens is 1. The number of pyridine rings is 1. The number of benzene rings is 1. The van der Waals surface area contributed by atoms with Crippen LogP contribution in [-0.2, 0) is 0 Å².